The maximum Gasteiger partial charge on any atom is 0.431 e. The molecular weight excluding hydrogens is 215 g/mol. The van der Waals surface area contributed by atoms with Gasteiger partial charge in [0.2, 0.25) is 0 Å². The Balaban J connectivity index is 3.27. The summed E-state index contributed by atoms with van der Waals surface area (Å²) >= 11 is 0. The number of nitrogens with zero attached hydrogens (tertiary/aromatic N) is 1. The highest BCUT2D eigenvalue weighted by Gasteiger charge is 2.32. The second-order valence-electron chi connectivity index (χ2n) is 2.60. The lowest BCUT2D eigenvalue weighted by Gasteiger charge is -2.06. The molecule has 0 bridgehead atoms. The highest BCUT2D eigenvalue weighted by Crippen LogP contribution is 2.26. The van der Waals surface area contributed by atoms with Crippen LogP contribution in [0.25, 0.3) is 0 Å². The maximum atomic E-state index is 12.1. The summed E-state index contributed by atoms with van der Waals surface area (Å²) < 4.78 is 36.3. The van der Waals surface area contributed by atoms with E-state index in [1.54, 1.807) is 4.98 Å². The van der Waals surface area contributed by atoms with Crippen molar-refractivity contribution in [1.82, 2.24) is 4.98 Å². The Morgan fingerprint density at radius 1 is 1.47 bits per heavy atom. The van der Waals surface area contributed by atoms with Crippen molar-refractivity contribution in [1.29, 1.82) is 0 Å². The SMILES string of the molecule is NC(=NO)c1ccc(C(F)(F)F)[nH]c1=O. The van der Waals surface area contributed by atoms with Gasteiger partial charge in [-0.1, -0.05) is 5.16 Å². The summed E-state index contributed by atoms with van der Waals surface area (Å²) in [5.41, 5.74) is 2.46. The Labute approximate surface area is 81.0 Å². The molecule has 0 aliphatic rings. The molecule has 0 fully saturated rings. The number of rotatable bonds is 1. The molecule has 82 valence electrons. The summed E-state index contributed by atoms with van der Waals surface area (Å²) in [6, 6.07) is 1.46. The molecule has 5 nitrogen and oxygen atoms in total. The van der Waals surface area contributed by atoms with Gasteiger partial charge in [-0.3, -0.25) is 4.79 Å². The molecule has 0 amide bonds. The molecule has 1 heterocycles. The Bertz CT molecular complexity index is 450. The van der Waals surface area contributed by atoms with Gasteiger partial charge in [0, 0.05) is 0 Å². The largest absolute Gasteiger partial charge is 0.431 e. The number of H-pyrrole nitrogens is 1. The van der Waals surface area contributed by atoms with Crippen LogP contribution < -0.4 is 11.3 Å². The summed E-state index contributed by atoms with van der Waals surface area (Å²) in [7, 11) is 0. The highest BCUT2D eigenvalue weighted by atomic mass is 19.4. The summed E-state index contributed by atoms with van der Waals surface area (Å²) in [5.74, 6) is -0.551. The third kappa shape index (κ3) is 2.27. The predicted octanol–water partition coefficient (Wildman–Crippen LogP) is 0.488. The number of hydrogen-bond donors (Lipinski definition) is 3. The lowest BCUT2D eigenvalue weighted by Crippen LogP contribution is -2.26. The first-order chi connectivity index (χ1) is 6.86. The number of amidine groups is 1. The zero-order valence-corrected chi connectivity index (χ0v) is 7.17. The molecule has 8 heteroatoms. The molecular formula is C7H6F3N3O2. The number of aromatic nitrogens is 1. The molecule has 1 rings (SSSR count). The van der Waals surface area contributed by atoms with Crippen molar-refractivity contribution in [3.05, 3.63) is 33.7 Å². The van der Waals surface area contributed by atoms with Crippen molar-refractivity contribution in [2.45, 2.75) is 6.18 Å². The molecule has 4 N–H and O–H groups in total. The van der Waals surface area contributed by atoms with E-state index >= 15 is 0 Å². The van der Waals surface area contributed by atoms with Gasteiger partial charge in [-0.05, 0) is 12.1 Å². The smallest absolute Gasteiger partial charge is 0.409 e. The molecule has 0 spiro atoms. The molecule has 0 radical (unpaired) electrons. The van der Waals surface area contributed by atoms with Crippen molar-refractivity contribution in [3.8, 4) is 0 Å². The van der Waals surface area contributed by atoms with Crippen LogP contribution in [-0.2, 0) is 6.18 Å². The molecule has 0 saturated heterocycles. The minimum absolute atomic E-state index is 0.328. The van der Waals surface area contributed by atoms with E-state index in [9.17, 15) is 18.0 Å². The predicted molar refractivity (Wildman–Crippen MR) is 44.6 cm³/mol. The Morgan fingerprint density at radius 3 is 2.47 bits per heavy atom. The second-order valence-corrected chi connectivity index (χ2v) is 2.60. The van der Waals surface area contributed by atoms with Crippen LogP contribution in [0.15, 0.2) is 22.1 Å². The van der Waals surface area contributed by atoms with Gasteiger partial charge in [0.25, 0.3) is 5.56 Å². The minimum Gasteiger partial charge on any atom is -0.409 e. The first-order valence-electron chi connectivity index (χ1n) is 3.64. The molecule has 0 aliphatic carbocycles. The molecule has 0 atom stereocenters. The Morgan fingerprint density at radius 2 is 2.07 bits per heavy atom. The van der Waals surface area contributed by atoms with Gasteiger partial charge in [-0.25, -0.2) is 0 Å². The average molecular weight is 221 g/mol. The summed E-state index contributed by atoms with van der Waals surface area (Å²) in [4.78, 5) is 12.6. The van der Waals surface area contributed by atoms with Gasteiger partial charge in [0.1, 0.15) is 5.69 Å². The van der Waals surface area contributed by atoms with E-state index in [1.807, 2.05) is 0 Å². The summed E-state index contributed by atoms with van der Waals surface area (Å²) in [6.45, 7) is 0. The van der Waals surface area contributed by atoms with Crippen LogP contribution in [0, 0.1) is 0 Å². The molecule has 0 aliphatic heterocycles. The van der Waals surface area contributed by atoms with Crippen molar-refractivity contribution in [2.24, 2.45) is 10.9 Å². The van der Waals surface area contributed by atoms with E-state index in [-0.39, 0.29) is 5.56 Å². The zero-order chi connectivity index (χ0) is 11.6. The van der Waals surface area contributed by atoms with Gasteiger partial charge in [-0.15, -0.1) is 0 Å². The summed E-state index contributed by atoms with van der Waals surface area (Å²) in [6.07, 6.45) is -4.64. The number of oxime groups is 1. The highest BCUT2D eigenvalue weighted by molar-refractivity contribution is 5.96. The maximum absolute atomic E-state index is 12.1. The van der Waals surface area contributed by atoms with Crippen LogP contribution in [0.1, 0.15) is 11.3 Å². The van der Waals surface area contributed by atoms with Crippen LogP contribution in [0.4, 0.5) is 13.2 Å². The fraction of sp³-hybridized carbons (Fsp3) is 0.143. The average Bonchev–Trinajstić information content (AvgIpc) is 2.15. The minimum atomic E-state index is -4.64. The topological polar surface area (TPSA) is 91.5 Å². The molecule has 0 unspecified atom stereocenters. The Hall–Kier alpha value is -1.99. The normalized spacial score (nSPS) is 12.9. The van der Waals surface area contributed by atoms with Crippen molar-refractivity contribution >= 4 is 5.84 Å². The fourth-order valence-electron chi connectivity index (χ4n) is 0.895. The van der Waals surface area contributed by atoms with Gasteiger partial charge >= 0.3 is 6.18 Å². The van der Waals surface area contributed by atoms with E-state index < -0.39 is 23.3 Å². The van der Waals surface area contributed by atoms with Crippen LogP contribution in [0.3, 0.4) is 0 Å². The zero-order valence-electron chi connectivity index (χ0n) is 7.17. The number of alkyl halides is 3. The second kappa shape index (κ2) is 3.64. The molecule has 0 saturated carbocycles. The number of hydrogen-bond acceptors (Lipinski definition) is 3. The molecule has 15 heavy (non-hydrogen) atoms. The number of aromatic amines is 1. The Kier molecular flexibility index (Phi) is 2.69. The lowest BCUT2D eigenvalue weighted by molar-refractivity contribution is -0.141. The van der Waals surface area contributed by atoms with E-state index in [1.165, 1.54) is 0 Å². The fourth-order valence-corrected chi connectivity index (χ4v) is 0.895. The lowest BCUT2D eigenvalue weighted by atomic mass is 10.2. The van der Waals surface area contributed by atoms with Crippen LogP contribution in [-0.4, -0.2) is 16.0 Å². The first-order valence-corrected chi connectivity index (χ1v) is 3.64. The quantitative estimate of drug-likeness (QED) is 0.279. The monoisotopic (exact) mass is 221 g/mol. The van der Waals surface area contributed by atoms with E-state index in [0.29, 0.717) is 6.07 Å². The van der Waals surface area contributed by atoms with Crippen molar-refractivity contribution < 1.29 is 18.4 Å². The number of nitrogens with two attached hydrogens (primary N) is 1. The van der Waals surface area contributed by atoms with Crippen LogP contribution >= 0.6 is 0 Å². The van der Waals surface area contributed by atoms with E-state index in [4.69, 9.17) is 10.9 Å². The number of pyridine rings is 1. The molecule has 1 aromatic heterocycles. The van der Waals surface area contributed by atoms with E-state index in [2.05, 4.69) is 5.16 Å². The van der Waals surface area contributed by atoms with Crippen LogP contribution in [0.2, 0.25) is 0 Å². The first kappa shape index (κ1) is 11.1. The molecule has 0 aromatic carbocycles. The number of nitrogens with one attached hydrogen (secondary N) is 1. The standard InChI is InChI=1S/C7H6F3N3O2/c8-7(9,10)4-2-1-3(5(11)13-15)6(14)12-4/h1-2,15H,(H2,11,13)(H,12,14). The molecule has 1 aromatic rings. The number of halogens is 3. The van der Waals surface area contributed by atoms with E-state index in [0.717, 1.165) is 6.07 Å². The van der Waals surface area contributed by atoms with Crippen molar-refractivity contribution in [2.75, 3.05) is 0 Å². The summed E-state index contributed by atoms with van der Waals surface area (Å²) in [5, 5.41) is 10.7. The van der Waals surface area contributed by atoms with Gasteiger partial charge in [-0.2, -0.15) is 13.2 Å². The third-order valence-corrected chi connectivity index (χ3v) is 1.60. The third-order valence-electron chi connectivity index (χ3n) is 1.60. The van der Waals surface area contributed by atoms with Crippen LogP contribution in [0.5, 0.6) is 0 Å². The van der Waals surface area contributed by atoms with Gasteiger partial charge < -0.3 is 15.9 Å². The van der Waals surface area contributed by atoms with Crippen molar-refractivity contribution in [3.63, 3.8) is 0 Å². The van der Waals surface area contributed by atoms with Gasteiger partial charge in [0.15, 0.2) is 5.84 Å². The van der Waals surface area contributed by atoms with Gasteiger partial charge in [0.05, 0.1) is 5.56 Å².